The average Bonchev–Trinajstić information content (AvgIpc) is 3.53. The van der Waals surface area contributed by atoms with Gasteiger partial charge in [-0.2, -0.15) is 0 Å². The maximum atomic E-state index is 15.3. The summed E-state index contributed by atoms with van der Waals surface area (Å²) in [4.78, 5) is 38.7. The van der Waals surface area contributed by atoms with Crippen molar-refractivity contribution >= 4 is 17.6 Å². The number of rotatable bonds is 12. The molecule has 45 heavy (non-hydrogen) atoms. The van der Waals surface area contributed by atoms with Crippen LogP contribution in [-0.4, -0.2) is 35.6 Å². The van der Waals surface area contributed by atoms with E-state index in [0.717, 1.165) is 55.0 Å². The molecule has 0 spiro atoms. The lowest BCUT2D eigenvalue weighted by Crippen LogP contribution is -2.33. The van der Waals surface area contributed by atoms with Crippen molar-refractivity contribution in [1.82, 2.24) is 9.88 Å². The lowest BCUT2D eigenvalue weighted by Gasteiger charge is -2.21. The van der Waals surface area contributed by atoms with Crippen LogP contribution < -0.4 is 21.3 Å². The molecule has 4 aromatic rings. The number of aryl methyl sites for hydroxylation is 1. The lowest BCUT2D eigenvalue weighted by molar-refractivity contribution is -0.151. The SMILES string of the molecule is Cc1ccc(C(=O)c2ccc(=O)n(-c3c(F)cc(OCCCN[C@H](C(=O)OC4CCCC4)c4ccccc4)cc3F)c2N)cc1. The number of halogens is 2. The largest absolute Gasteiger partial charge is 0.493 e. The number of ketones is 1. The second-order valence-corrected chi connectivity index (χ2v) is 11.1. The summed E-state index contributed by atoms with van der Waals surface area (Å²) in [5.74, 6) is -3.48. The van der Waals surface area contributed by atoms with E-state index >= 15 is 8.78 Å². The van der Waals surface area contributed by atoms with Crippen molar-refractivity contribution in [1.29, 1.82) is 0 Å². The van der Waals surface area contributed by atoms with Gasteiger partial charge in [-0.25, -0.2) is 13.6 Å². The molecule has 10 heteroatoms. The van der Waals surface area contributed by atoms with Crippen LogP contribution >= 0.6 is 0 Å². The van der Waals surface area contributed by atoms with Gasteiger partial charge in [0.1, 0.15) is 29.4 Å². The number of carbonyl (C=O) groups excluding carboxylic acids is 2. The van der Waals surface area contributed by atoms with Gasteiger partial charge in [-0.15, -0.1) is 0 Å². The van der Waals surface area contributed by atoms with Crippen LogP contribution in [0.5, 0.6) is 5.75 Å². The van der Waals surface area contributed by atoms with Crippen molar-refractivity contribution in [3.8, 4) is 11.4 Å². The minimum absolute atomic E-state index is 0.0639. The molecular formula is C35H35F2N3O5. The highest BCUT2D eigenvalue weighted by atomic mass is 19.1. The van der Waals surface area contributed by atoms with E-state index in [-0.39, 0.29) is 35.8 Å². The summed E-state index contributed by atoms with van der Waals surface area (Å²) in [5.41, 5.74) is 6.61. The summed E-state index contributed by atoms with van der Waals surface area (Å²) in [7, 11) is 0. The van der Waals surface area contributed by atoms with Crippen LogP contribution in [0.2, 0.25) is 0 Å². The van der Waals surface area contributed by atoms with Crippen molar-refractivity contribution in [2.45, 2.75) is 51.2 Å². The standard InChI is InChI=1S/C35H35F2N3O5/c1-22-12-14-24(15-13-22)33(42)27-16-17-30(41)40(34(27)38)32-28(36)20-26(21-29(32)37)44-19-7-18-39-31(23-8-3-2-4-9-23)35(43)45-25-10-5-6-11-25/h2-4,8-9,12-17,20-21,25,31,39H,5-7,10-11,18-19,38H2,1H3/t31-/m0/s1. The van der Waals surface area contributed by atoms with Crippen LogP contribution in [0.25, 0.3) is 5.69 Å². The Morgan fingerprint density at radius 2 is 1.64 bits per heavy atom. The number of nitrogen functional groups attached to an aromatic ring is 1. The molecule has 234 valence electrons. The van der Waals surface area contributed by atoms with Crippen molar-refractivity contribution in [3.05, 3.63) is 123 Å². The molecule has 3 N–H and O–H groups in total. The number of ether oxygens (including phenoxy) is 2. The first-order valence-corrected chi connectivity index (χ1v) is 15.0. The van der Waals surface area contributed by atoms with Crippen LogP contribution in [0.3, 0.4) is 0 Å². The zero-order valence-corrected chi connectivity index (χ0v) is 24.9. The summed E-state index contributed by atoms with van der Waals surface area (Å²) in [6.07, 6.45) is 4.18. The maximum absolute atomic E-state index is 15.3. The summed E-state index contributed by atoms with van der Waals surface area (Å²) in [6.45, 7) is 2.33. The van der Waals surface area contributed by atoms with E-state index in [1.54, 1.807) is 24.3 Å². The van der Waals surface area contributed by atoms with Gasteiger partial charge in [0.25, 0.3) is 5.56 Å². The third-order valence-corrected chi connectivity index (χ3v) is 7.79. The Labute approximate surface area is 259 Å². The quantitative estimate of drug-likeness (QED) is 0.117. The molecule has 0 aliphatic heterocycles. The minimum atomic E-state index is -1.09. The molecule has 0 radical (unpaired) electrons. The van der Waals surface area contributed by atoms with Gasteiger partial charge in [-0.1, -0.05) is 60.2 Å². The molecular weight excluding hydrogens is 580 g/mol. The molecule has 1 saturated carbocycles. The number of esters is 1. The van der Waals surface area contributed by atoms with Gasteiger partial charge in [0.05, 0.1) is 12.2 Å². The predicted molar refractivity (Wildman–Crippen MR) is 167 cm³/mol. The summed E-state index contributed by atoms with van der Waals surface area (Å²) >= 11 is 0. The molecule has 0 amide bonds. The normalized spacial score (nSPS) is 13.8. The molecule has 0 unspecified atom stereocenters. The highest BCUT2D eigenvalue weighted by Gasteiger charge is 2.27. The van der Waals surface area contributed by atoms with Gasteiger partial charge < -0.3 is 20.5 Å². The second-order valence-electron chi connectivity index (χ2n) is 11.1. The molecule has 1 heterocycles. The molecule has 1 fully saturated rings. The molecule has 0 bridgehead atoms. The topological polar surface area (TPSA) is 113 Å². The van der Waals surface area contributed by atoms with E-state index in [9.17, 15) is 14.4 Å². The van der Waals surface area contributed by atoms with Crippen molar-refractivity contribution in [2.24, 2.45) is 0 Å². The van der Waals surface area contributed by atoms with Gasteiger partial charge in [0.2, 0.25) is 0 Å². The zero-order valence-electron chi connectivity index (χ0n) is 24.9. The fraction of sp³-hybridized carbons (Fsp3) is 0.286. The van der Waals surface area contributed by atoms with E-state index in [4.69, 9.17) is 15.2 Å². The first kappa shape index (κ1) is 31.6. The van der Waals surface area contributed by atoms with Crippen LogP contribution in [0, 0.1) is 18.6 Å². The number of hydrogen-bond acceptors (Lipinski definition) is 7. The number of carbonyl (C=O) groups is 2. The molecule has 8 nitrogen and oxygen atoms in total. The van der Waals surface area contributed by atoms with Gasteiger partial charge >= 0.3 is 5.97 Å². The molecule has 1 aromatic heterocycles. The van der Waals surface area contributed by atoms with E-state index in [1.807, 2.05) is 37.3 Å². The van der Waals surface area contributed by atoms with E-state index in [0.29, 0.717) is 23.1 Å². The third kappa shape index (κ3) is 7.46. The Bertz CT molecular complexity index is 1690. The Balaban J connectivity index is 1.24. The van der Waals surface area contributed by atoms with Crippen LogP contribution in [0.15, 0.2) is 83.7 Å². The van der Waals surface area contributed by atoms with Crippen molar-refractivity contribution < 1.29 is 27.8 Å². The molecule has 1 aliphatic rings. The Hall–Kier alpha value is -4.83. The highest BCUT2D eigenvalue weighted by Crippen LogP contribution is 2.27. The molecule has 5 rings (SSSR count). The van der Waals surface area contributed by atoms with E-state index in [2.05, 4.69) is 5.32 Å². The number of hydrogen-bond donors (Lipinski definition) is 2. The predicted octanol–water partition coefficient (Wildman–Crippen LogP) is 5.82. The number of benzene rings is 3. The van der Waals surface area contributed by atoms with Crippen LogP contribution in [0.4, 0.5) is 14.6 Å². The van der Waals surface area contributed by atoms with E-state index in [1.165, 1.54) is 6.07 Å². The van der Waals surface area contributed by atoms with Gasteiger partial charge in [-0.05, 0) is 57.2 Å². The fourth-order valence-corrected chi connectivity index (χ4v) is 5.41. The third-order valence-electron chi connectivity index (χ3n) is 7.79. The monoisotopic (exact) mass is 615 g/mol. The Kier molecular flexibility index (Phi) is 10.0. The molecule has 0 saturated heterocycles. The molecule has 1 aliphatic carbocycles. The summed E-state index contributed by atoms with van der Waals surface area (Å²) < 4.78 is 42.6. The number of aromatic nitrogens is 1. The van der Waals surface area contributed by atoms with Crippen molar-refractivity contribution in [3.63, 3.8) is 0 Å². The lowest BCUT2D eigenvalue weighted by atomic mass is 10.0. The number of nitrogens with one attached hydrogen (secondary N) is 1. The smallest absolute Gasteiger partial charge is 0.328 e. The van der Waals surface area contributed by atoms with Crippen LogP contribution in [-0.2, 0) is 9.53 Å². The maximum Gasteiger partial charge on any atom is 0.328 e. The second kappa shape index (κ2) is 14.3. The van der Waals surface area contributed by atoms with Crippen molar-refractivity contribution in [2.75, 3.05) is 18.9 Å². The summed E-state index contributed by atoms with van der Waals surface area (Å²) in [6, 6.07) is 19.5. The summed E-state index contributed by atoms with van der Waals surface area (Å²) in [5, 5.41) is 3.21. The number of anilines is 1. The number of nitrogens with two attached hydrogens (primary N) is 1. The average molecular weight is 616 g/mol. The van der Waals surface area contributed by atoms with Gasteiger partial charge in [0, 0.05) is 23.8 Å². The number of pyridine rings is 1. The first-order chi connectivity index (χ1) is 21.7. The molecule has 1 atom stereocenters. The Morgan fingerprint density at radius 3 is 2.31 bits per heavy atom. The highest BCUT2D eigenvalue weighted by molar-refractivity contribution is 6.11. The molecule has 3 aromatic carbocycles. The first-order valence-electron chi connectivity index (χ1n) is 15.0. The van der Waals surface area contributed by atoms with Gasteiger partial charge in [0.15, 0.2) is 17.4 Å². The van der Waals surface area contributed by atoms with Crippen LogP contribution in [0.1, 0.15) is 65.2 Å². The Morgan fingerprint density at radius 1 is 0.978 bits per heavy atom. The fourth-order valence-electron chi connectivity index (χ4n) is 5.41. The van der Waals surface area contributed by atoms with E-state index < -0.39 is 34.7 Å². The minimum Gasteiger partial charge on any atom is -0.493 e. The zero-order chi connectivity index (χ0) is 31.9. The van der Waals surface area contributed by atoms with Gasteiger partial charge in [-0.3, -0.25) is 14.2 Å². The number of nitrogens with zero attached hydrogens (tertiary/aromatic N) is 1.